The molecule has 144 valence electrons. The number of benzene rings is 2. The molecule has 2 aromatic rings. The van der Waals surface area contributed by atoms with E-state index >= 15 is 0 Å². The first-order valence-electron chi connectivity index (χ1n) is 8.56. The van der Waals surface area contributed by atoms with E-state index in [-0.39, 0.29) is 9.88 Å². The van der Waals surface area contributed by atoms with Crippen LogP contribution in [0.25, 0.3) is 6.08 Å². The van der Waals surface area contributed by atoms with Gasteiger partial charge < -0.3 is 4.74 Å². The number of carbonyl (C=O) groups excluding carboxylic acids is 2. The third-order valence-electron chi connectivity index (χ3n) is 3.75. The van der Waals surface area contributed by atoms with Gasteiger partial charge in [0.25, 0.3) is 11.8 Å². The second-order valence-corrected chi connectivity index (χ2v) is 7.94. The summed E-state index contributed by atoms with van der Waals surface area (Å²) in [4.78, 5) is 25.5. The van der Waals surface area contributed by atoms with Gasteiger partial charge >= 0.3 is 0 Å². The van der Waals surface area contributed by atoms with E-state index in [1.165, 1.54) is 0 Å². The van der Waals surface area contributed by atoms with Crippen molar-refractivity contribution in [2.24, 2.45) is 0 Å². The van der Waals surface area contributed by atoms with Crippen LogP contribution in [-0.2, 0) is 4.79 Å². The van der Waals surface area contributed by atoms with Crippen molar-refractivity contribution in [2.75, 3.05) is 6.61 Å². The van der Waals surface area contributed by atoms with Gasteiger partial charge in [0, 0.05) is 0 Å². The molecule has 0 unspecified atom stereocenters. The number of hydrogen-bond acceptors (Lipinski definition) is 5. The summed E-state index contributed by atoms with van der Waals surface area (Å²) in [6.45, 7) is 2.66. The molecule has 1 aliphatic rings. The first-order valence-corrected chi connectivity index (χ1v) is 10.2. The van der Waals surface area contributed by atoms with E-state index in [1.807, 2.05) is 31.2 Å². The van der Waals surface area contributed by atoms with Crippen LogP contribution in [0.2, 0.25) is 5.02 Å². The third kappa shape index (κ3) is 4.73. The van der Waals surface area contributed by atoms with Gasteiger partial charge in [-0.25, -0.2) is 0 Å². The summed E-state index contributed by atoms with van der Waals surface area (Å²) in [7, 11) is 0. The molecule has 0 aliphatic carbocycles. The van der Waals surface area contributed by atoms with Crippen molar-refractivity contribution in [1.29, 1.82) is 0 Å². The summed E-state index contributed by atoms with van der Waals surface area (Å²) < 4.78 is 5.86. The molecule has 0 spiro atoms. The third-order valence-corrected chi connectivity index (χ3v) is 5.39. The molecule has 5 nitrogen and oxygen atoms in total. The fraction of sp³-hybridized carbons (Fsp3) is 0.150. The van der Waals surface area contributed by atoms with E-state index in [9.17, 15) is 9.59 Å². The molecule has 2 aromatic carbocycles. The smallest absolute Gasteiger partial charge is 0.285 e. The summed E-state index contributed by atoms with van der Waals surface area (Å²) in [5, 5.41) is 1.36. The number of ether oxygens (including phenoxy) is 1. The van der Waals surface area contributed by atoms with Gasteiger partial charge in [0.15, 0.2) is 4.32 Å². The maximum atomic E-state index is 12.7. The van der Waals surface area contributed by atoms with Crippen molar-refractivity contribution in [3.05, 3.63) is 69.6 Å². The Morgan fingerprint density at radius 3 is 2.82 bits per heavy atom. The average molecular weight is 433 g/mol. The Balaban J connectivity index is 1.75. The van der Waals surface area contributed by atoms with Crippen LogP contribution in [0, 0.1) is 0 Å². The molecule has 1 N–H and O–H groups in total. The number of hydrogen-bond donors (Lipinski definition) is 1. The summed E-state index contributed by atoms with van der Waals surface area (Å²) in [6, 6.07) is 14.0. The van der Waals surface area contributed by atoms with Crippen LogP contribution in [0.3, 0.4) is 0 Å². The monoisotopic (exact) mass is 432 g/mol. The van der Waals surface area contributed by atoms with Crippen molar-refractivity contribution < 1.29 is 14.3 Å². The maximum absolute atomic E-state index is 12.7. The van der Waals surface area contributed by atoms with Crippen molar-refractivity contribution >= 4 is 57.8 Å². The van der Waals surface area contributed by atoms with Gasteiger partial charge in [-0.05, 0) is 54.5 Å². The molecule has 0 aromatic heterocycles. The highest BCUT2D eigenvalue weighted by molar-refractivity contribution is 8.26. The number of thiocarbonyl (C=S) groups is 1. The lowest BCUT2D eigenvalue weighted by Gasteiger charge is -2.16. The highest BCUT2D eigenvalue weighted by Gasteiger charge is 2.34. The number of amides is 2. The second-order valence-electron chi connectivity index (χ2n) is 5.86. The Hall–Kier alpha value is -2.35. The van der Waals surface area contributed by atoms with E-state index in [2.05, 4.69) is 5.43 Å². The largest absolute Gasteiger partial charge is 0.494 e. The molecule has 0 bridgehead atoms. The van der Waals surface area contributed by atoms with E-state index < -0.39 is 11.8 Å². The molecule has 3 rings (SSSR count). The zero-order valence-electron chi connectivity index (χ0n) is 15.0. The molecule has 1 heterocycles. The first-order chi connectivity index (χ1) is 13.5. The second kappa shape index (κ2) is 9.23. The molecule has 2 amide bonds. The van der Waals surface area contributed by atoms with Crippen LogP contribution in [-0.4, -0.2) is 27.8 Å². The highest BCUT2D eigenvalue weighted by atomic mass is 35.5. The number of halogens is 1. The Morgan fingerprint density at radius 2 is 2.07 bits per heavy atom. The summed E-state index contributed by atoms with van der Waals surface area (Å²) >= 11 is 12.4. The quantitative estimate of drug-likeness (QED) is 0.530. The zero-order valence-corrected chi connectivity index (χ0v) is 17.4. The molecule has 8 heteroatoms. The number of rotatable bonds is 6. The molecule has 28 heavy (non-hydrogen) atoms. The van der Waals surface area contributed by atoms with Gasteiger partial charge in [-0.2, -0.15) is 5.01 Å². The van der Waals surface area contributed by atoms with Crippen LogP contribution in [0.1, 0.15) is 29.3 Å². The predicted octanol–water partition coefficient (Wildman–Crippen LogP) is 4.68. The lowest BCUT2D eigenvalue weighted by molar-refractivity contribution is -0.123. The number of nitrogens with zero attached hydrogens (tertiary/aromatic N) is 1. The molecule has 0 saturated carbocycles. The minimum absolute atomic E-state index is 0.245. The zero-order chi connectivity index (χ0) is 20.1. The first kappa shape index (κ1) is 20.4. The lowest BCUT2D eigenvalue weighted by Crippen LogP contribution is -2.44. The standard InChI is InChI=1S/C20H17ClN2O3S2/c1-2-10-26-14-7-5-6-13(11-14)12-17-19(25)23(20(27)28-17)22-18(24)15-8-3-4-9-16(15)21/h3-9,11-12H,2,10H2,1H3,(H,22,24)/b17-12+. The van der Waals surface area contributed by atoms with Crippen molar-refractivity contribution in [3.63, 3.8) is 0 Å². The van der Waals surface area contributed by atoms with Crippen molar-refractivity contribution in [3.8, 4) is 5.75 Å². The topological polar surface area (TPSA) is 58.6 Å². The fourth-order valence-electron chi connectivity index (χ4n) is 2.44. The average Bonchev–Trinajstić information content (AvgIpc) is 2.94. The minimum Gasteiger partial charge on any atom is -0.494 e. The van der Waals surface area contributed by atoms with Crippen LogP contribution in [0.5, 0.6) is 5.75 Å². The van der Waals surface area contributed by atoms with Gasteiger partial charge in [0.2, 0.25) is 0 Å². The SMILES string of the molecule is CCCOc1cccc(/C=C2/SC(=S)N(NC(=O)c3ccccc3Cl)C2=O)c1. The van der Waals surface area contributed by atoms with E-state index in [1.54, 1.807) is 30.3 Å². The van der Waals surface area contributed by atoms with Gasteiger partial charge in [-0.1, -0.05) is 54.6 Å². The molecular formula is C20H17ClN2O3S2. The molecule has 0 atom stereocenters. The Bertz CT molecular complexity index is 962. The normalized spacial score (nSPS) is 15.2. The lowest BCUT2D eigenvalue weighted by atomic mass is 10.2. The number of hydrazine groups is 1. The number of thioether (sulfide) groups is 1. The summed E-state index contributed by atoms with van der Waals surface area (Å²) in [5.41, 5.74) is 3.60. The number of carbonyl (C=O) groups is 2. The van der Waals surface area contributed by atoms with E-state index in [4.69, 9.17) is 28.6 Å². The van der Waals surface area contributed by atoms with Crippen LogP contribution in [0.15, 0.2) is 53.4 Å². The van der Waals surface area contributed by atoms with Gasteiger partial charge in [0.1, 0.15) is 5.75 Å². The van der Waals surface area contributed by atoms with Crippen LogP contribution >= 0.6 is 35.6 Å². The van der Waals surface area contributed by atoms with Crippen molar-refractivity contribution in [2.45, 2.75) is 13.3 Å². The molecule has 1 aliphatic heterocycles. The Kier molecular flexibility index (Phi) is 6.72. The molecule has 0 radical (unpaired) electrons. The van der Waals surface area contributed by atoms with Crippen molar-refractivity contribution in [1.82, 2.24) is 10.4 Å². The Labute approximate surface area is 177 Å². The van der Waals surface area contributed by atoms with Crippen LogP contribution in [0.4, 0.5) is 0 Å². The Morgan fingerprint density at radius 1 is 1.29 bits per heavy atom. The molecular weight excluding hydrogens is 416 g/mol. The number of nitrogens with one attached hydrogen (secondary N) is 1. The summed E-state index contributed by atoms with van der Waals surface area (Å²) in [6.07, 6.45) is 2.63. The predicted molar refractivity (Wildman–Crippen MR) is 116 cm³/mol. The van der Waals surface area contributed by atoms with Gasteiger partial charge in [0.05, 0.1) is 22.1 Å². The van der Waals surface area contributed by atoms with E-state index in [0.29, 0.717) is 16.5 Å². The van der Waals surface area contributed by atoms with Crippen LogP contribution < -0.4 is 10.2 Å². The van der Waals surface area contributed by atoms with Gasteiger partial charge in [-0.3, -0.25) is 15.0 Å². The van der Waals surface area contributed by atoms with Gasteiger partial charge in [-0.15, -0.1) is 0 Å². The maximum Gasteiger partial charge on any atom is 0.285 e. The molecule has 1 saturated heterocycles. The summed E-state index contributed by atoms with van der Waals surface area (Å²) in [5.74, 6) is -0.161. The minimum atomic E-state index is -0.502. The van der Waals surface area contributed by atoms with E-state index in [0.717, 1.165) is 34.5 Å². The highest BCUT2D eigenvalue weighted by Crippen LogP contribution is 2.32. The molecule has 1 fully saturated rings. The fourth-order valence-corrected chi connectivity index (χ4v) is 3.84.